The highest BCUT2D eigenvalue weighted by molar-refractivity contribution is 8.01. The third-order valence-corrected chi connectivity index (χ3v) is 8.36. The number of aryl methyl sites for hydroxylation is 1. The van der Waals surface area contributed by atoms with Gasteiger partial charge in [0.15, 0.2) is 0 Å². The van der Waals surface area contributed by atoms with Gasteiger partial charge in [-0.3, -0.25) is 14.3 Å². The second-order valence-corrected chi connectivity index (χ2v) is 11.3. The van der Waals surface area contributed by atoms with Crippen LogP contribution in [0.15, 0.2) is 76.5 Å². The van der Waals surface area contributed by atoms with Gasteiger partial charge >= 0.3 is 0 Å². The molecule has 9 heteroatoms. The number of carbonyl (C=O) groups excluding carboxylic acids is 2. The van der Waals surface area contributed by atoms with Crippen LogP contribution in [-0.4, -0.2) is 25.5 Å². The molecule has 0 spiro atoms. The predicted octanol–water partition coefficient (Wildman–Crippen LogP) is 5.12. The minimum Gasteiger partial charge on any atom is -0.324 e. The number of rotatable bonds is 6. The molecule has 1 heterocycles. The molecule has 0 saturated heterocycles. The molecule has 7 nitrogen and oxygen atoms in total. The summed E-state index contributed by atoms with van der Waals surface area (Å²) in [6, 6.07) is 18.2. The number of hydrogen-bond donors (Lipinski definition) is 3. The van der Waals surface area contributed by atoms with Crippen LogP contribution >= 0.6 is 11.8 Å². The standard InChI is InChI=1S/C25H25N3O4S2/c1-15(2)23-25(30)27-21-14-17(6-13-22(21)33-23)24(29)26-18-9-11-20(12-10-18)34(31,32)28-19-7-4-16(3)5-8-19/h4-15,23,28H,1-3H3,(H,26,29)(H,27,30). The topological polar surface area (TPSA) is 104 Å². The van der Waals surface area contributed by atoms with E-state index < -0.39 is 10.0 Å². The van der Waals surface area contributed by atoms with E-state index in [2.05, 4.69) is 15.4 Å². The average Bonchev–Trinajstić information content (AvgIpc) is 2.79. The molecule has 0 aliphatic carbocycles. The average molecular weight is 496 g/mol. The van der Waals surface area contributed by atoms with Gasteiger partial charge in [0.2, 0.25) is 5.91 Å². The van der Waals surface area contributed by atoms with Gasteiger partial charge in [-0.1, -0.05) is 31.5 Å². The van der Waals surface area contributed by atoms with E-state index in [0.717, 1.165) is 10.5 Å². The van der Waals surface area contributed by atoms with Crippen molar-refractivity contribution in [3.8, 4) is 0 Å². The van der Waals surface area contributed by atoms with Crippen LogP contribution in [0.4, 0.5) is 17.1 Å². The van der Waals surface area contributed by atoms with Crippen LogP contribution in [0.5, 0.6) is 0 Å². The molecular weight excluding hydrogens is 470 g/mol. The van der Waals surface area contributed by atoms with E-state index >= 15 is 0 Å². The molecule has 0 radical (unpaired) electrons. The van der Waals surface area contributed by atoms with Crippen LogP contribution in [0.25, 0.3) is 0 Å². The number of thioether (sulfide) groups is 1. The Morgan fingerprint density at radius 1 is 0.971 bits per heavy atom. The first-order chi connectivity index (χ1) is 16.1. The van der Waals surface area contributed by atoms with Gasteiger partial charge in [0.25, 0.3) is 15.9 Å². The zero-order valence-corrected chi connectivity index (χ0v) is 20.6. The van der Waals surface area contributed by atoms with Crippen molar-refractivity contribution in [2.75, 3.05) is 15.4 Å². The van der Waals surface area contributed by atoms with Crippen molar-refractivity contribution in [1.82, 2.24) is 0 Å². The molecule has 0 fully saturated rings. The molecule has 0 saturated carbocycles. The monoisotopic (exact) mass is 495 g/mol. The number of fused-ring (bicyclic) bond motifs is 1. The molecule has 4 rings (SSSR count). The number of anilines is 3. The lowest BCUT2D eigenvalue weighted by Gasteiger charge is -2.26. The van der Waals surface area contributed by atoms with E-state index in [-0.39, 0.29) is 27.9 Å². The molecule has 34 heavy (non-hydrogen) atoms. The maximum absolute atomic E-state index is 12.7. The summed E-state index contributed by atoms with van der Waals surface area (Å²) >= 11 is 1.50. The highest BCUT2D eigenvalue weighted by atomic mass is 32.2. The number of carbonyl (C=O) groups is 2. The summed E-state index contributed by atoms with van der Waals surface area (Å²) in [5.41, 5.74) is 2.96. The molecule has 176 valence electrons. The van der Waals surface area contributed by atoms with Gasteiger partial charge in [0.1, 0.15) is 0 Å². The van der Waals surface area contributed by atoms with E-state index in [1.807, 2.05) is 39.0 Å². The molecule has 0 aromatic heterocycles. The van der Waals surface area contributed by atoms with Crippen molar-refractivity contribution in [2.45, 2.75) is 35.8 Å². The minimum atomic E-state index is -3.76. The van der Waals surface area contributed by atoms with Gasteiger partial charge in [0.05, 0.1) is 15.8 Å². The third kappa shape index (κ3) is 5.26. The van der Waals surface area contributed by atoms with E-state index in [9.17, 15) is 18.0 Å². The van der Waals surface area contributed by atoms with E-state index in [4.69, 9.17) is 0 Å². The fourth-order valence-electron chi connectivity index (χ4n) is 3.46. The van der Waals surface area contributed by atoms with Gasteiger partial charge in [-0.2, -0.15) is 0 Å². The van der Waals surface area contributed by atoms with Crippen LogP contribution < -0.4 is 15.4 Å². The second kappa shape index (κ2) is 9.52. The summed E-state index contributed by atoms with van der Waals surface area (Å²) in [5.74, 6) is -0.234. The summed E-state index contributed by atoms with van der Waals surface area (Å²) < 4.78 is 27.8. The highest BCUT2D eigenvalue weighted by Gasteiger charge is 2.29. The van der Waals surface area contributed by atoms with Crippen LogP contribution in [0.2, 0.25) is 0 Å². The van der Waals surface area contributed by atoms with Crippen LogP contribution in [0, 0.1) is 12.8 Å². The molecule has 1 atom stereocenters. The Morgan fingerprint density at radius 2 is 1.62 bits per heavy atom. The Morgan fingerprint density at radius 3 is 2.26 bits per heavy atom. The van der Waals surface area contributed by atoms with E-state index in [0.29, 0.717) is 22.6 Å². The van der Waals surface area contributed by atoms with E-state index in [1.54, 1.807) is 24.3 Å². The molecule has 3 N–H and O–H groups in total. The lowest BCUT2D eigenvalue weighted by molar-refractivity contribution is -0.116. The second-order valence-electron chi connectivity index (χ2n) is 8.43. The SMILES string of the molecule is Cc1ccc(NS(=O)(=O)c2ccc(NC(=O)c3ccc4c(c3)NC(=O)C(C(C)C)S4)cc2)cc1. The quantitative estimate of drug-likeness (QED) is 0.440. The molecule has 1 aliphatic heterocycles. The van der Waals surface area contributed by atoms with E-state index in [1.165, 1.54) is 36.0 Å². The summed E-state index contributed by atoms with van der Waals surface area (Å²) in [6.07, 6.45) is 0. The minimum absolute atomic E-state index is 0.0684. The van der Waals surface area contributed by atoms with Crippen LogP contribution in [-0.2, 0) is 14.8 Å². The number of amides is 2. The van der Waals surface area contributed by atoms with Crippen molar-refractivity contribution < 1.29 is 18.0 Å². The maximum atomic E-state index is 12.7. The number of hydrogen-bond acceptors (Lipinski definition) is 5. The molecule has 2 amide bonds. The van der Waals surface area contributed by atoms with Crippen LogP contribution in [0.1, 0.15) is 29.8 Å². The van der Waals surface area contributed by atoms with Gasteiger partial charge in [-0.05, 0) is 67.4 Å². The normalized spacial score (nSPS) is 15.4. The summed E-state index contributed by atoms with van der Waals surface area (Å²) in [7, 11) is -3.76. The highest BCUT2D eigenvalue weighted by Crippen LogP contribution is 2.39. The fourth-order valence-corrected chi connectivity index (χ4v) is 5.61. The largest absolute Gasteiger partial charge is 0.324 e. The smallest absolute Gasteiger partial charge is 0.261 e. The lowest BCUT2D eigenvalue weighted by Crippen LogP contribution is -2.32. The zero-order chi connectivity index (χ0) is 24.5. The van der Waals surface area contributed by atoms with Gasteiger partial charge in [0, 0.05) is 21.8 Å². The first-order valence-corrected chi connectivity index (χ1v) is 13.1. The first kappa shape index (κ1) is 23.8. The molecule has 1 unspecified atom stereocenters. The molecule has 0 bridgehead atoms. The lowest BCUT2D eigenvalue weighted by atomic mass is 10.1. The van der Waals surface area contributed by atoms with Crippen molar-refractivity contribution in [1.29, 1.82) is 0 Å². The molecule has 1 aliphatic rings. The van der Waals surface area contributed by atoms with Crippen molar-refractivity contribution in [3.63, 3.8) is 0 Å². The molecule has 3 aromatic rings. The van der Waals surface area contributed by atoms with Crippen molar-refractivity contribution >= 4 is 50.7 Å². The van der Waals surface area contributed by atoms with Crippen molar-refractivity contribution in [2.24, 2.45) is 5.92 Å². The van der Waals surface area contributed by atoms with Gasteiger partial charge in [-0.25, -0.2) is 8.42 Å². The Balaban J connectivity index is 1.44. The Kier molecular flexibility index (Phi) is 6.67. The summed E-state index contributed by atoms with van der Waals surface area (Å²) in [6.45, 7) is 5.92. The Labute approximate surface area is 203 Å². The fraction of sp³-hybridized carbons (Fsp3) is 0.200. The van der Waals surface area contributed by atoms with Gasteiger partial charge in [-0.15, -0.1) is 11.8 Å². The zero-order valence-electron chi connectivity index (χ0n) is 19.0. The van der Waals surface area contributed by atoms with Gasteiger partial charge < -0.3 is 10.6 Å². The molecule has 3 aromatic carbocycles. The summed E-state index contributed by atoms with van der Waals surface area (Å²) in [4.78, 5) is 26.1. The Bertz CT molecular complexity index is 1340. The molecular formula is C25H25N3O4S2. The van der Waals surface area contributed by atoms with Crippen LogP contribution in [0.3, 0.4) is 0 Å². The maximum Gasteiger partial charge on any atom is 0.261 e. The first-order valence-electron chi connectivity index (χ1n) is 10.7. The number of nitrogens with one attached hydrogen (secondary N) is 3. The predicted molar refractivity (Wildman–Crippen MR) is 136 cm³/mol. The summed E-state index contributed by atoms with van der Waals surface area (Å²) in [5, 5.41) is 5.48. The number of benzene rings is 3. The Hall–Kier alpha value is -3.30. The van der Waals surface area contributed by atoms with Crippen molar-refractivity contribution in [3.05, 3.63) is 77.9 Å². The number of sulfonamides is 1. The third-order valence-electron chi connectivity index (χ3n) is 5.34.